The molecular formula is C14H20ClN3O2. The maximum Gasteiger partial charge on any atom is 0.250 e. The first kappa shape index (κ1) is 16.3. The smallest absolute Gasteiger partial charge is 0.250 e. The molecule has 0 spiro atoms. The summed E-state index contributed by atoms with van der Waals surface area (Å²) in [7, 11) is 0. The molecule has 1 aromatic carbocycles. The van der Waals surface area contributed by atoms with Gasteiger partial charge < -0.3 is 16.4 Å². The summed E-state index contributed by atoms with van der Waals surface area (Å²) in [5.74, 6) is -0.297. The molecule has 0 saturated heterocycles. The van der Waals surface area contributed by atoms with E-state index in [1.165, 1.54) is 6.07 Å². The lowest BCUT2D eigenvalue weighted by Gasteiger charge is -2.17. The van der Waals surface area contributed by atoms with Gasteiger partial charge in [0.05, 0.1) is 17.1 Å². The Balaban J connectivity index is 2.56. The van der Waals surface area contributed by atoms with Crippen LogP contribution < -0.4 is 16.4 Å². The summed E-state index contributed by atoms with van der Waals surface area (Å²) in [5, 5.41) is 6.09. The second-order valence-corrected chi connectivity index (χ2v) is 5.42. The monoisotopic (exact) mass is 297 g/mol. The van der Waals surface area contributed by atoms with Crippen LogP contribution in [0.25, 0.3) is 0 Å². The third-order valence-corrected chi connectivity index (χ3v) is 3.39. The number of hydrogen-bond donors (Lipinski definition) is 3. The fourth-order valence-corrected chi connectivity index (χ4v) is 1.75. The molecule has 4 N–H and O–H groups in total. The molecule has 0 aromatic heterocycles. The minimum absolute atomic E-state index is 0.0960. The van der Waals surface area contributed by atoms with E-state index in [1.807, 2.05) is 20.8 Å². The number of nitrogens with two attached hydrogens (primary N) is 1. The van der Waals surface area contributed by atoms with Crippen molar-refractivity contribution in [2.45, 2.75) is 26.8 Å². The van der Waals surface area contributed by atoms with Crippen LogP contribution in [0.2, 0.25) is 5.02 Å². The highest BCUT2D eigenvalue weighted by atomic mass is 35.5. The van der Waals surface area contributed by atoms with Gasteiger partial charge in [0.2, 0.25) is 11.8 Å². The van der Waals surface area contributed by atoms with Crippen molar-refractivity contribution in [1.82, 2.24) is 5.32 Å². The first-order valence-corrected chi connectivity index (χ1v) is 6.81. The third kappa shape index (κ3) is 4.74. The zero-order chi connectivity index (χ0) is 15.3. The van der Waals surface area contributed by atoms with Gasteiger partial charge in [0.25, 0.3) is 0 Å². The number of rotatable bonds is 6. The lowest BCUT2D eigenvalue weighted by molar-refractivity contribution is -0.120. The van der Waals surface area contributed by atoms with Crippen LogP contribution >= 0.6 is 11.6 Å². The van der Waals surface area contributed by atoms with Crippen molar-refractivity contribution >= 4 is 29.1 Å². The molecule has 5 nitrogen and oxygen atoms in total. The first-order valence-electron chi connectivity index (χ1n) is 6.44. The van der Waals surface area contributed by atoms with Gasteiger partial charge in [-0.15, -0.1) is 0 Å². The Morgan fingerprint density at radius 3 is 2.45 bits per heavy atom. The van der Waals surface area contributed by atoms with Crippen LogP contribution in [0.15, 0.2) is 18.2 Å². The van der Waals surface area contributed by atoms with Gasteiger partial charge in [0.15, 0.2) is 0 Å². The van der Waals surface area contributed by atoms with Gasteiger partial charge in [-0.2, -0.15) is 0 Å². The maximum absolute atomic E-state index is 11.7. The summed E-state index contributed by atoms with van der Waals surface area (Å²) in [6.45, 7) is 6.19. The van der Waals surface area contributed by atoms with Gasteiger partial charge in [-0.3, -0.25) is 9.59 Å². The molecule has 0 heterocycles. The van der Waals surface area contributed by atoms with E-state index in [4.69, 9.17) is 17.3 Å². The lowest BCUT2D eigenvalue weighted by Crippen LogP contribution is -2.39. The van der Waals surface area contributed by atoms with Gasteiger partial charge in [0, 0.05) is 11.7 Å². The van der Waals surface area contributed by atoms with E-state index in [-0.39, 0.29) is 29.1 Å². The highest BCUT2D eigenvalue weighted by Crippen LogP contribution is 2.20. The van der Waals surface area contributed by atoms with Crippen LogP contribution in [0.1, 0.15) is 31.1 Å². The summed E-state index contributed by atoms with van der Waals surface area (Å²) >= 11 is 5.92. The largest absolute Gasteiger partial charge is 0.376 e. The Morgan fingerprint density at radius 1 is 1.30 bits per heavy atom. The second-order valence-electron chi connectivity index (χ2n) is 5.01. The Kier molecular flexibility index (Phi) is 5.82. The molecule has 1 unspecified atom stereocenters. The highest BCUT2D eigenvalue weighted by Gasteiger charge is 2.11. The number of benzene rings is 1. The molecule has 0 aliphatic heterocycles. The molecule has 110 valence electrons. The van der Waals surface area contributed by atoms with E-state index >= 15 is 0 Å². The second kappa shape index (κ2) is 7.14. The van der Waals surface area contributed by atoms with Crippen molar-refractivity contribution in [3.05, 3.63) is 28.8 Å². The molecule has 0 fully saturated rings. The van der Waals surface area contributed by atoms with Gasteiger partial charge in [-0.05, 0) is 31.0 Å². The van der Waals surface area contributed by atoms with Crippen LogP contribution in [-0.4, -0.2) is 24.4 Å². The Labute approximate surface area is 123 Å². The summed E-state index contributed by atoms with van der Waals surface area (Å²) < 4.78 is 0. The van der Waals surface area contributed by atoms with Crippen LogP contribution in [0, 0.1) is 5.92 Å². The molecule has 0 saturated carbocycles. The van der Waals surface area contributed by atoms with E-state index in [0.29, 0.717) is 11.6 Å². The van der Waals surface area contributed by atoms with Gasteiger partial charge in [-0.1, -0.05) is 25.4 Å². The van der Waals surface area contributed by atoms with E-state index in [0.717, 1.165) is 0 Å². The van der Waals surface area contributed by atoms with Crippen molar-refractivity contribution < 1.29 is 9.59 Å². The van der Waals surface area contributed by atoms with Crippen LogP contribution in [0.4, 0.5) is 5.69 Å². The van der Waals surface area contributed by atoms with Gasteiger partial charge in [-0.25, -0.2) is 0 Å². The topological polar surface area (TPSA) is 84.2 Å². The molecule has 6 heteroatoms. The fourth-order valence-electron chi connectivity index (χ4n) is 1.48. The zero-order valence-electron chi connectivity index (χ0n) is 11.9. The van der Waals surface area contributed by atoms with E-state index < -0.39 is 5.91 Å². The van der Waals surface area contributed by atoms with E-state index in [2.05, 4.69) is 10.6 Å². The lowest BCUT2D eigenvalue weighted by atomic mass is 10.1. The van der Waals surface area contributed by atoms with Crippen molar-refractivity contribution in [3.63, 3.8) is 0 Å². The number of amides is 2. The summed E-state index contributed by atoms with van der Waals surface area (Å²) in [5.41, 5.74) is 6.08. The minimum atomic E-state index is -0.579. The van der Waals surface area contributed by atoms with E-state index in [1.54, 1.807) is 12.1 Å². The molecule has 0 bridgehead atoms. The number of hydrogen-bond acceptors (Lipinski definition) is 3. The Morgan fingerprint density at radius 2 is 1.95 bits per heavy atom. The van der Waals surface area contributed by atoms with Crippen molar-refractivity contribution in [2.24, 2.45) is 11.7 Å². The minimum Gasteiger partial charge on any atom is -0.376 e. The highest BCUT2D eigenvalue weighted by molar-refractivity contribution is 6.34. The number of carbonyl (C=O) groups excluding carboxylic acids is 2. The normalized spacial score (nSPS) is 12.1. The number of primary amides is 1. The first-order chi connectivity index (χ1) is 9.31. The predicted octanol–water partition coefficient (Wildman–Crippen LogP) is 2.01. The number of halogens is 1. The average Bonchev–Trinajstić information content (AvgIpc) is 2.35. The molecule has 1 aromatic rings. The molecule has 20 heavy (non-hydrogen) atoms. The number of anilines is 1. The molecule has 0 radical (unpaired) electrons. The summed E-state index contributed by atoms with van der Waals surface area (Å²) in [6.07, 6.45) is 0. The third-order valence-electron chi connectivity index (χ3n) is 3.08. The van der Waals surface area contributed by atoms with Crippen molar-refractivity contribution in [1.29, 1.82) is 0 Å². The predicted molar refractivity (Wildman–Crippen MR) is 80.9 cm³/mol. The fraction of sp³-hybridized carbons (Fsp3) is 0.429. The maximum atomic E-state index is 11.7. The summed E-state index contributed by atoms with van der Waals surface area (Å²) in [6, 6.07) is 4.87. The van der Waals surface area contributed by atoms with Gasteiger partial charge in [0.1, 0.15) is 0 Å². The Hall–Kier alpha value is -1.75. The molecule has 1 atom stereocenters. The molecule has 0 aliphatic carbocycles. The molecule has 0 aliphatic rings. The quantitative estimate of drug-likeness (QED) is 0.751. The SMILES string of the molecule is CC(C)C(C)NC(=O)CNc1ccc(C(N)=O)c(Cl)c1. The van der Waals surface area contributed by atoms with Crippen molar-refractivity contribution in [2.75, 3.05) is 11.9 Å². The zero-order valence-corrected chi connectivity index (χ0v) is 12.6. The number of nitrogens with one attached hydrogen (secondary N) is 2. The Bertz CT molecular complexity index is 503. The van der Waals surface area contributed by atoms with Gasteiger partial charge >= 0.3 is 0 Å². The van der Waals surface area contributed by atoms with Crippen molar-refractivity contribution in [3.8, 4) is 0 Å². The van der Waals surface area contributed by atoms with Crippen LogP contribution in [-0.2, 0) is 4.79 Å². The number of carbonyl (C=O) groups is 2. The van der Waals surface area contributed by atoms with E-state index in [9.17, 15) is 9.59 Å². The molecule has 1 rings (SSSR count). The van der Waals surface area contributed by atoms with Crippen LogP contribution in [0.3, 0.4) is 0 Å². The average molecular weight is 298 g/mol. The molecule has 2 amide bonds. The molecular weight excluding hydrogens is 278 g/mol. The summed E-state index contributed by atoms with van der Waals surface area (Å²) in [4.78, 5) is 22.7. The standard InChI is InChI=1S/C14H20ClN3O2/c1-8(2)9(3)18-13(19)7-17-10-4-5-11(14(16)20)12(15)6-10/h4-6,8-9,17H,7H2,1-3H3,(H2,16,20)(H,18,19). The van der Waals surface area contributed by atoms with Crippen LogP contribution in [0.5, 0.6) is 0 Å².